The number of rotatable bonds is 1. The maximum absolute atomic E-state index is 14.2. The Hall–Kier alpha value is -4.17. The van der Waals surface area contributed by atoms with Gasteiger partial charge in [0.05, 0.1) is 11.6 Å². The van der Waals surface area contributed by atoms with Crippen molar-refractivity contribution in [1.82, 2.24) is 4.57 Å². The third-order valence-corrected chi connectivity index (χ3v) is 9.24. The molecule has 2 unspecified atom stereocenters. The number of hydrogen-bond donors (Lipinski definition) is 0. The summed E-state index contributed by atoms with van der Waals surface area (Å²) in [6, 6.07) is 31.9. The van der Waals surface area contributed by atoms with E-state index in [9.17, 15) is 4.79 Å². The molecular weight excluding hydrogens is 450 g/mol. The van der Waals surface area contributed by atoms with Crippen molar-refractivity contribution in [2.24, 2.45) is 0 Å². The first kappa shape index (κ1) is 21.0. The van der Waals surface area contributed by atoms with E-state index in [1.54, 1.807) is 0 Å². The van der Waals surface area contributed by atoms with E-state index in [0.29, 0.717) is 0 Å². The topological polar surface area (TPSA) is 22.0 Å². The third-order valence-electron chi connectivity index (χ3n) is 9.24. The minimum absolute atomic E-state index is 0.0752. The van der Waals surface area contributed by atoms with Gasteiger partial charge in [-0.3, -0.25) is 9.36 Å². The lowest BCUT2D eigenvalue weighted by Gasteiger charge is -2.36. The van der Waals surface area contributed by atoms with Crippen molar-refractivity contribution in [3.8, 4) is 11.1 Å². The van der Waals surface area contributed by atoms with E-state index in [-0.39, 0.29) is 22.4 Å². The van der Waals surface area contributed by atoms with Gasteiger partial charge in [-0.15, -0.1) is 0 Å². The molecule has 37 heavy (non-hydrogen) atoms. The highest BCUT2D eigenvalue weighted by atomic mass is 16.1. The molecule has 0 saturated heterocycles. The number of aromatic nitrogens is 1. The van der Waals surface area contributed by atoms with Crippen molar-refractivity contribution in [3.63, 3.8) is 0 Å². The van der Waals surface area contributed by atoms with E-state index in [1.807, 2.05) is 18.2 Å². The molecule has 1 aliphatic heterocycles. The number of nitrogens with zero attached hydrogens (tertiary/aromatic N) is 1. The number of allylic oxidation sites excluding steroid dienone is 4. The largest absolute Gasteiger partial charge is 0.299 e. The Kier molecular flexibility index (Phi) is 3.84. The molecule has 0 amide bonds. The molecule has 0 radical (unpaired) electrons. The lowest BCUT2D eigenvalue weighted by molar-refractivity contribution is 0.443. The van der Waals surface area contributed by atoms with Gasteiger partial charge >= 0.3 is 0 Å². The molecule has 0 N–H and O–H groups in total. The maximum Gasteiger partial charge on any atom is 0.259 e. The van der Waals surface area contributed by atoms with Crippen LogP contribution in [0.15, 0.2) is 114 Å². The SMILES string of the molecule is CC1(C)C2=CC3(C)c4ccc(-c5ccccc5)c5c6ccccc6c(=O)n(c45)C3C=C2c2ccccc21. The highest BCUT2D eigenvalue weighted by molar-refractivity contribution is 6.14. The van der Waals surface area contributed by atoms with E-state index in [4.69, 9.17) is 0 Å². The summed E-state index contributed by atoms with van der Waals surface area (Å²) in [5, 5.41) is 3.00. The average Bonchev–Trinajstić information content (AvgIpc) is 3.31. The van der Waals surface area contributed by atoms with Crippen LogP contribution in [-0.4, -0.2) is 4.57 Å². The van der Waals surface area contributed by atoms with Gasteiger partial charge in [0, 0.05) is 21.6 Å². The van der Waals surface area contributed by atoms with Crippen LogP contribution in [0, 0.1) is 0 Å². The normalized spacial score (nSPS) is 22.4. The molecule has 5 aromatic rings. The van der Waals surface area contributed by atoms with Crippen LogP contribution in [0.4, 0.5) is 0 Å². The maximum atomic E-state index is 14.2. The van der Waals surface area contributed by atoms with Crippen molar-refractivity contribution in [2.75, 3.05) is 0 Å². The molecule has 178 valence electrons. The molecule has 2 heterocycles. The van der Waals surface area contributed by atoms with Crippen molar-refractivity contribution in [2.45, 2.75) is 37.6 Å². The van der Waals surface area contributed by atoms with E-state index >= 15 is 0 Å². The third kappa shape index (κ3) is 2.44. The Morgan fingerprint density at radius 2 is 1.41 bits per heavy atom. The Morgan fingerprint density at radius 1 is 0.703 bits per heavy atom. The van der Waals surface area contributed by atoms with Gasteiger partial charge in [-0.05, 0) is 57.3 Å². The molecule has 0 fully saturated rings. The van der Waals surface area contributed by atoms with Crippen molar-refractivity contribution < 1.29 is 0 Å². The number of benzene rings is 4. The van der Waals surface area contributed by atoms with Crippen LogP contribution in [0.3, 0.4) is 0 Å². The molecule has 2 aliphatic carbocycles. The highest BCUT2D eigenvalue weighted by Crippen LogP contribution is 2.59. The van der Waals surface area contributed by atoms with Gasteiger partial charge in [0.1, 0.15) is 0 Å². The zero-order valence-electron chi connectivity index (χ0n) is 21.2. The summed E-state index contributed by atoms with van der Waals surface area (Å²) in [5.41, 5.74) is 9.71. The predicted octanol–water partition coefficient (Wildman–Crippen LogP) is 7.95. The first-order valence-electron chi connectivity index (χ1n) is 13.1. The minimum Gasteiger partial charge on any atom is -0.299 e. The van der Waals surface area contributed by atoms with Crippen LogP contribution in [0.5, 0.6) is 0 Å². The molecule has 3 aliphatic rings. The number of hydrogen-bond acceptors (Lipinski definition) is 1. The van der Waals surface area contributed by atoms with Crippen LogP contribution < -0.4 is 5.56 Å². The fourth-order valence-corrected chi connectivity index (χ4v) is 7.41. The standard InChI is InChI=1S/C35H27NO/c1-34(2)27-16-10-9-13-23(27)26-19-30-35(3,20-29(26)34)28-18-17-22(21-11-5-4-6-12-21)31-24-14-7-8-15-25(24)33(37)36(30)32(28)31/h4-20,30H,1-3H3. The Bertz CT molecular complexity index is 1940. The lowest BCUT2D eigenvalue weighted by Crippen LogP contribution is -2.34. The van der Waals surface area contributed by atoms with Gasteiger partial charge in [-0.25, -0.2) is 0 Å². The molecule has 4 aromatic carbocycles. The second-order valence-corrected chi connectivity index (χ2v) is 11.5. The van der Waals surface area contributed by atoms with E-state index in [2.05, 4.69) is 110 Å². The zero-order valence-corrected chi connectivity index (χ0v) is 21.2. The van der Waals surface area contributed by atoms with Crippen LogP contribution in [0.2, 0.25) is 0 Å². The van der Waals surface area contributed by atoms with Gasteiger partial charge in [0.25, 0.3) is 5.56 Å². The highest BCUT2D eigenvalue weighted by Gasteiger charge is 2.50. The van der Waals surface area contributed by atoms with Gasteiger partial charge in [0.15, 0.2) is 0 Å². The Balaban J connectivity index is 1.53. The second-order valence-electron chi connectivity index (χ2n) is 11.5. The molecule has 1 aromatic heterocycles. The fourth-order valence-electron chi connectivity index (χ4n) is 7.41. The quantitative estimate of drug-likeness (QED) is 0.225. The fraction of sp³-hybridized carbons (Fsp3) is 0.171. The molecule has 0 saturated carbocycles. The number of fused-ring (bicyclic) bond motifs is 8. The van der Waals surface area contributed by atoms with Crippen LogP contribution in [0.25, 0.3) is 38.4 Å². The van der Waals surface area contributed by atoms with Gasteiger partial charge in [-0.2, -0.15) is 0 Å². The molecule has 0 spiro atoms. The Morgan fingerprint density at radius 3 is 2.22 bits per heavy atom. The molecular formula is C35H27NO. The molecule has 8 rings (SSSR count). The molecule has 2 heteroatoms. The van der Waals surface area contributed by atoms with Crippen LogP contribution >= 0.6 is 0 Å². The smallest absolute Gasteiger partial charge is 0.259 e. The van der Waals surface area contributed by atoms with E-state index in [0.717, 1.165) is 16.3 Å². The summed E-state index contributed by atoms with van der Waals surface area (Å²) in [7, 11) is 0. The average molecular weight is 478 g/mol. The van der Waals surface area contributed by atoms with Crippen molar-refractivity contribution in [3.05, 3.63) is 136 Å². The molecule has 2 nitrogen and oxygen atoms in total. The van der Waals surface area contributed by atoms with Gasteiger partial charge < -0.3 is 0 Å². The summed E-state index contributed by atoms with van der Waals surface area (Å²) < 4.78 is 2.10. The first-order valence-corrected chi connectivity index (χ1v) is 13.1. The first-order chi connectivity index (χ1) is 17.9. The zero-order chi connectivity index (χ0) is 25.1. The lowest BCUT2D eigenvalue weighted by atomic mass is 9.69. The molecule has 2 atom stereocenters. The van der Waals surface area contributed by atoms with Crippen molar-refractivity contribution in [1.29, 1.82) is 0 Å². The predicted molar refractivity (Wildman–Crippen MR) is 153 cm³/mol. The van der Waals surface area contributed by atoms with Crippen molar-refractivity contribution >= 4 is 27.2 Å². The summed E-state index contributed by atoms with van der Waals surface area (Å²) in [6.45, 7) is 6.99. The second kappa shape index (κ2) is 6.77. The van der Waals surface area contributed by atoms with E-state index in [1.165, 1.54) is 44.3 Å². The van der Waals surface area contributed by atoms with E-state index < -0.39 is 0 Å². The summed E-state index contributed by atoms with van der Waals surface area (Å²) in [4.78, 5) is 14.2. The minimum atomic E-state index is -0.310. The summed E-state index contributed by atoms with van der Waals surface area (Å²) >= 11 is 0. The molecule has 0 bridgehead atoms. The monoisotopic (exact) mass is 477 g/mol. The van der Waals surface area contributed by atoms with Gasteiger partial charge in [0.2, 0.25) is 0 Å². The Labute approximate surface area is 216 Å². The van der Waals surface area contributed by atoms with Gasteiger partial charge in [-0.1, -0.05) is 111 Å². The summed E-state index contributed by atoms with van der Waals surface area (Å²) in [5.74, 6) is 0. The summed E-state index contributed by atoms with van der Waals surface area (Å²) in [6.07, 6.45) is 4.88. The van der Waals surface area contributed by atoms with Crippen LogP contribution in [-0.2, 0) is 10.8 Å². The van der Waals surface area contributed by atoms with Crippen LogP contribution in [0.1, 0.15) is 43.5 Å². The number of pyridine rings is 1.